The molecule has 19 heavy (non-hydrogen) atoms. The monoisotopic (exact) mass is 262 g/mol. The van der Waals surface area contributed by atoms with E-state index in [9.17, 15) is 0 Å². The van der Waals surface area contributed by atoms with Crippen LogP contribution in [0.1, 0.15) is 57.9 Å². The van der Waals surface area contributed by atoms with Crippen molar-refractivity contribution in [2.45, 2.75) is 57.9 Å². The fourth-order valence-corrected chi connectivity index (χ4v) is 3.10. The Morgan fingerprint density at radius 1 is 1.26 bits per heavy atom. The summed E-state index contributed by atoms with van der Waals surface area (Å²) in [5, 5.41) is 3.79. The molecule has 1 aliphatic rings. The molecule has 106 valence electrons. The molecule has 0 aromatic carbocycles. The second-order valence-electron chi connectivity index (χ2n) is 5.41. The molecule has 3 nitrogen and oxygen atoms in total. The van der Waals surface area contributed by atoms with Crippen molar-refractivity contribution in [1.29, 1.82) is 0 Å². The minimum Gasteiger partial charge on any atom is -0.492 e. The first-order chi connectivity index (χ1) is 9.30. The first-order valence-corrected chi connectivity index (χ1v) is 7.64. The van der Waals surface area contributed by atoms with E-state index in [4.69, 9.17) is 4.74 Å². The van der Waals surface area contributed by atoms with E-state index < -0.39 is 0 Å². The standard InChI is InChI=1S/C16H26N2O/c1-3-8-16(9-6-5-7-10-18-16)14-11-15(19-4-2)13-17-12-14/h11-13,18H,3-10H2,1-2H3. The molecule has 3 heteroatoms. The summed E-state index contributed by atoms with van der Waals surface area (Å²) in [5.41, 5.74) is 1.40. The maximum atomic E-state index is 5.60. The van der Waals surface area contributed by atoms with Gasteiger partial charge in [-0.3, -0.25) is 4.98 Å². The molecule has 1 aromatic heterocycles. The molecule has 1 aromatic rings. The summed E-state index contributed by atoms with van der Waals surface area (Å²) in [6, 6.07) is 2.17. The van der Waals surface area contributed by atoms with Crippen LogP contribution in [0.3, 0.4) is 0 Å². The maximum absolute atomic E-state index is 5.60. The van der Waals surface area contributed by atoms with Crippen LogP contribution in [0.2, 0.25) is 0 Å². The van der Waals surface area contributed by atoms with Crippen molar-refractivity contribution in [1.82, 2.24) is 10.3 Å². The Labute approximate surface area is 116 Å². The molecule has 0 spiro atoms. The molecule has 2 heterocycles. The predicted molar refractivity (Wildman–Crippen MR) is 78.5 cm³/mol. The molecule has 1 atom stereocenters. The molecule has 0 radical (unpaired) electrons. The van der Waals surface area contributed by atoms with Crippen molar-refractivity contribution in [2.24, 2.45) is 0 Å². The lowest BCUT2D eigenvalue weighted by molar-refractivity contribution is 0.292. The van der Waals surface area contributed by atoms with Gasteiger partial charge in [-0.15, -0.1) is 0 Å². The number of aromatic nitrogens is 1. The fraction of sp³-hybridized carbons (Fsp3) is 0.688. The van der Waals surface area contributed by atoms with E-state index in [-0.39, 0.29) is 5.54 Å². The minimum atomic E-state index is 0.103. The molecule has 2 rings (SSSR count). The van der Waals surface area contributed by atoms with Gasteiger partial charge in [0.25, 0.3) is 0 Å². The Kier molecular flexibility index (Phi) is 5.20. The van der Waals surface area contributed by atoms with Gasteiger partial charge in [-0.2, -0.15) is 0 Å². The molecule has 0 aliphatic carbocycles. The Balaban J connectivity index is 2.28. The number of nitrogens with zero attached hydrogens (tertiary/aromatic N) is 1. The molecule has 0 bridgehead atoms. The summed E-state index contributed by atoms with van der Waals surface area (Å²) in [5.74, 6) is 0.890. The zero-order valence-corrected chi connectivity index (χ0v) is 12.2. The smallest absolute Gasteiger partial charge is 0.137 e. The van der Waals surface area contributed by atoms with Crippen molar-refractivity contribution >= 4 is 0 Å². The number of pyridine rings is 1. The van der Waals surface area contributed by atoms with E-state index in [1.54, 1.807) is 0 Å². The normalized spacial score (nSPS) is 23.9. The van der Waals surface area contributed by atoms with Gasteiger partial charge in [0.1, 0.15) is 5.75 Å². The van der Waals surface area contributed by atoms with Crippen LogP contribution < -0.4 is 10.1 Å². The SMILES string of the molecule is CCCC1(c2cncc(OCC)c2)CCCCCN1. The lowest BCUT2D eigenvalue weighted by Crippen LogP contribution is -2.41. The lowest BCUT2D eigenvalue weighted by Gasteiger charge is -2.34. The Morgan fingerprint density at radius 2 is 2.16 bits per heavy atom. The number of hydrogen-bond donors (Lipinski definition) is 1. The number of nitrogens with one attached hydrogen (secondary N) is 1. The third-order valence-corrected chi connectivity index (χ3v) is 4.00. The summed E-state index contributed by atoms with van der Waals surface area (Å²) in [6.07, 6.45) is 11.3. The summed E-state index contributed by atoms with van der Waals surface area (Å²) < 4.78 is 5.60. The Bertz CT molecular complexity index is 384. The maximum Gasteiger partial charge on any atom is 0.137 e. The average Bonchev–Trinajstić information content (AvgIpc) is 2.67. The molecular formula is C16H26N2O. The highest BCUT2D eigenvalue weighted by Gasteiger charge is 2.32. The number of ether oxygens (including phenoxy) is 1. The third-order valence-electron chi connectivity index (χ3n) is 4.00. The van der Waals surface area contributed by atoms with E-state index in [0.29, 0.717) is 6.61 Å². The first-order valence-electron chi connectivity index (χ1n) is 7.64. The molecule has 1 unspecified atom stereocenters. The van der Waals surface area contributed by atoms with E-state index in [2.05, 4.69) is 23.3 Å². The average molecular weight is 262 g/mol. The van der Waals surface area contributed by atoms with Gasteiger partial charge in [-0.1, -0.05) is 26.2 Å². The second-order valence-corrected chi connectivity index (χ2v) is 5.41. The summed E-state index contributed by atoms with van der Waals surface area (Å²) in [6.45, 7) is 6.07. The quantitative estimate of drug-likeness (QED) is 0.879. The van der Waals surface area contributed by atoms with E-state index in [0.717, 1.165) is 12.3 Å². The second kappa shape index (κ2) is 6.90. The number of rotatable bonds is 5. The van der Waals surface area contributed by atoms with Crippen molar-refractivity contribution < 1.29 is 4.74 Å². The largest absolute Gasteiger partial charge is 0.492 e. The van der Waals surface area contributed by atoms with Gasteiger partial charge >= 0.3 is 0 Å². The zero-order chi connectivity index (χ0) is 13.6. The highest BCUT2D eigenvalue weighted by atomic mass is 16.5. The fourth-order valence-electron chi connectivity index (χ4n) is 3.10. The molecule has 1 aliphatic heterocycles. The van der Waals surface area contributed by atoms with Crippen LogP contribution in [0.5, 0.6) is 5.75 Å². The lowest BCUT2D eigenvalue weighted by atomic mass is 9.82. The highest BCUT2D eigenvalue weighted by Crippen LogP contribution is 2.35. The highest BCUT2D eigenvalue weighted by molar-refractivity contribution is 5.30. The minimum absolute atomic E-state index is 0.103. The zero-order valence-electron chi connectivity index (χ0n) is 12.2. The molecule has 1 fully saturated rings. The third kappa shape index (κ3) is 3.47. The summed E-state index contributed by atoms with van der Waals surface area (Å²) >= 11 is 0. The van der Waals surface area contributed by atoms with E-state index >= 15 is 0 Å². The predicted octanol–water partition coefficient (Wildman–Crippen LogP) is 3.64. The van der Waals surface area contributed by atoms with Gasteiger partial charge in [-0.05, 0) is 44.4 Å². The number of hydrogen-bond acceptors (Lipinski definition) is 3. The van der Waals surface area contributed by atoms with Crippen molar-refractivity contribution in [3.63, 3.8) is 0 Å². The first kappa shape index (κ1) is 14.3. The van der Waals surface area contributed by atoms with Crippen LogP contribution in [0.25, 0.3) is 0 Å². The van der Waals surface area contributed by atoms with Gasteiger partial charge in [0.05, 0.1) is 12.8 Å². The van der Waals surface area contributed by atoms with Gasteiger partial charge < -0.3 is 10.1 Å². The molecule has 1 saturated heterocycles. The molecule has 1 N–H and O–H groups in total. The van der Waals surface area contributed by atoms with Crippen molar-refractivity contribution in [2.75, 3.05) is 13.2 Å². The van der Waals surface area contributed by atoms with Crippen LogP contribution >= 0.6 is 0 Å². The Morgan fingerprint density at radius 3 is 2.95 bits per heavy atom. The van der Waals surface area contributed by atoms with Crippen molar-refractivity contribution in [3.05, 3.63) is 24.0 Å². The molecule has 0 saturated carbocycles. The van der Waals surface area contributed by atoms with Crippen LogP contribution in [-0.2, 0) is 5.54 Å². The van der Waals surface area contributed by atoms with Gasteiger partial charge in [0.2, 0.25) is 0 Å². The van der Waals surface area contributed by atoms with Crippen LogP contribution in [0.4, 0.5) is 0 Å². The van der Waals surface area contributed by atoms with Gasteiger partial charge in [-0.25, -0.2) is 0 Å². The molecular weight excluding hydrogens is 236 g/mol. The van der Waals surface area contributed by atoms with Gasteiger partial charge in [0, 0.05) is 11.7 Å². The van der Waals surface area contributed by atoms with Crippen LogP contribution in [0.15, 0.2) is 18.5 Å². The van der Waals surface area contributed by atoms with Crippen LogP contribution in [0, 0.1) is 0 Å². The van der Waals surface area contributed by atoms with Crippen LogP contribution in [-0.4, -0.2) is 18.1 Å². The molecule has 0 amide bonds. The van der Waals surface area contributed by atoms with E-state index in [1.165, 1.54) is 44.1 Å². The summed E-state index contributed by atoms with van der Waals surface area (Å²) in [7, 11) is 0. The van der Waals surface area contributed by atoms with E-state index in [1.807, 2.05) is 19.3 Å². The summed E-state index contributed by atoms with van der Waals surface area (Å²) in [4.78, 5) is 4.37. The van der Waals surface area contributed by atoms with Gasteiger partial charge in [0.15, 0.2) is 0 Å². The Hall–Kier alpha value is -1.09. The van der Waals surface area contributed by atoms with Crippen molar-refractivity contribution in [3.8, 4) is 5.75 Å². The topological polar surface area (TPSA) is 34.1 Å².